The average Bonchev–Trinajstić information content (AvgIpc) is 2.71. The molecular formula is C16H13Cl3N3S+. The number of hydrogen-bond acceptors (Lipinski definition) is 1. The molecule has 23 heavy (non-hydrogen) atoms. The van der Waals surface area contributed by atoms with Crippen LogP contribution >= 0.6 is 47.0 Å². The van der Waals surface area contributed by atoms with Gasteiger partial charge in [-0.1, -0.05) is 57.7 Å². The lowest BCUT2D eigenvalue weighted by atomic mass is 10.3. The van der Waals surface area contributed by atoms with Crippen molar-refractivity contribution in [3.63, 3.8) is 0 Å². The minimum absolute atomic E-state index is 0.444. The highest BCUT2D eigenvalue weighted by Gasteiger charge is 2.25. The van der Waals surface area contributed by atoms with Crippen molar-refractivity contribution in [2.24, 2.45) is 7.05 Å². The maximum atomic E-state index is 6.36. The fraction of sp³-hybridized carbons (Fsp3) is 0.125. The van der Waals surface area contributed by atoms with E-state index in [1.54, 1.807) is 16.8 Å². The normalized spacial score (nSPS) is 11.0. The Morgan fingerprint density at radius 2 is 1.57 bits per heavy atom. The van der Waals surface area contributed by atoms with Crippen LogP contribution in [0.2, 0.25) is 15.1 Å². The van der Waals surface area contributed by atoms with Crippen LogP contribution in [0.4, 0.5) is 0 Å². The maximum absolute atomic E-state index is 6.36. The predicted octanol–water partition coefficient (Wildman–Crippen LogP) is 5.09. The van der Waals surface area contributed by atoms with E-state index in [4.69, 9.17) is 47.0 Å². The molecule has 0 atom stereocenters. The van der Waals surface area contributed by atoms with Gasteiger partial charge in [-0.25, -0.2) is 0 Å². The summed E-state index contributed by atoms with van der Waals surface area (Å²) in [5.74, 6) is 0.947. The number of benzene rings is 2. The van der Waals surface area contributed by atoms with Crippen molar-refractivity contribution in [1.82, 2.24) is 9.36 Å². The Bertz CT molecular complexity index is 922. The molecule has 0 spiro atoms. The zero-order chi connectivity index (χ0) is 16.7. The minimum atomic E-state index is 0.444. The Kier molecular flexibility index (Phi) is 4.52. The first-order chi connectivity index (χ1) is 10.9. The van der Waals surface area contributed by atoms with Crippen molar-refractivity contribution in [3.05, 3.63) is 68.1 Å². The first-order valence-corrected chi connectivity index (χ1v) is 8.37. The molecule has 2 aromatic carbocycles. The minimum Gasteiger partial charge on any atom is -0.188 e. The monoisotopic (exact) mass is 384 g/mol. The maximum Gasteiger partial charge on any atom is 0.336 e. The van der Waals surface area contributed by atoms with E-state index >= 15 is 0 Å². The fourth-order valence-electron chi connectivity index (χ4n) is 2.51. The van der Waals surface area contributed by atoms with E-state index in [0.717, 1.165) is 11.5 Å². The first-order valence-electron chi connectivity index (χ1n) is 6.83. The summed E-state index contributed by atoms with van der Waals surface area (Å²) in [5.41, 5.74) is 1.59. The second-order valence-electron chi connectivity index (χ2n) is 5.05. The number of nitrogens with zero attached hydrogens (tertiary/aromatic N) is 3. The van der Waals surface area contributed by atoms with E-state index in [1.165, 1.54) is 0 Å². The molecule has 1 heterocycles. The summed E-state index contributed by atoms with van der Waals surface area (Å²) in [6, 6.07) is 13.2. The summed E-state index contributed by atoms with van der Waals surface area (Å²) in [6.07, 6.45) is 0. The third-order valence-corrected chi connectivity index (χ3v) is 4.82. The van der Waals surface area contributed by atoms with Crippen molar-refractivity contribution in [3.8, 4) is 11.4 Å². The summed E-state index contributed by atoms with van der Waals surface area (Å²) in [7, 11) is 1.91. The Morgan fingerprint density at radius 3 is 2.13 bits per heavy atom. The van der Waals surface area contributed by atoms with Gasteiger partial charge in [-0.15, -0.1) is 4.68 Å². The Morgan fingerprint density at radius 1 is 1.00 bits per heavy atom. The molecule has 0 bridgehead atoms. The van der Waals surface area contributed by atoms with Crippen LogP contribution in [0.1, 0.15) is 5.82 Å². The second-order valence-corrected chi connectivity index (χ2v) is 6.67. The van der Waals surface area contributed by atoms with Gasteiger partial charge in [0, 0.05) is 11.9 Å². The summed E-state index contributed by atoms with van der Waals surface area (Å²) in [4.78, 5) is 0. The molecule has 3 rings (SSSR count). The molecule has 0 N–H and O–H groups in total. The molecular weight excluding hydrogens is 373 g/mol. The van der Waals surface area contributed by atoms with Gasteiger partial charge in [0.2, 0.25) is 5.82 Å². The largest absolute Gasteiger partial charge is 0.336 e. The van der Waals surface area contributed by atoms with Gasteiger partial charge in [0.05, 0.1) is 17.1 Å². The number of halogens is 3. The number of rotatable bonds is 2. The van der Waals surface area contributed by atoms with Gasteiger partial charge in [-0.05, 0) is 36.5 Å². The van der Waals surface area contributed by atoms with E-state index in [-0.39, 0.29) is 0 Å². The van der Waals surface area contributed by atoms with E-state index in [2.05, 4.69) is 0 Å². The number of hydrogen-bond donors (Lipinski definition) is 0. The zero-order valence-corrected chi connectivity index (χ0v) is 15.5. The molecule has 0 saturated heterocycles. The van der Waals surface area contributed by atoms with Gasteiger partial charge in [-0.3, -0.25) is 0 Å². The van der Waals surface area contributed by atoms with Crippen LogP contribution in [0, 0.1) is 11.7 Å². The topological polar surface area (TPSA) is 13.7 Å². The lowest BCUT2D eigenvalue weighted by Crippen LogP contribution is -2.34. The number of aromatic nitrogens is 3. The highest BCUT2D eigenvalue weighted by atomic mass is 35.5. The molecule has 118 valence electrons. The highest BCUT2D eigenvalue weighted by molar-refractivity contribution is 7.71. The third-order valence-electron chi connectivity index (χ3n) is 3.67. The molecule has 7 heteroatoms. The molecule has 0 aliphatic carbocycles. The van der Waals surface area contributed by atoms with Gasteiger partial charge in [0.15, 0.2) is 5.69 Å². The molecule has 0 amide bonds. The van der Waals surface area contributed by atoms with Crippen LogP contribution in [0.15, 0.2) is 42.5 Å². The van der Waals surface area contributed by atoms with Crippen LogP contribution in [0.5, 0.6) is 0 Å². The molecule has 0 unspecified atom stereocenters. The number of para-hydroxylation sites is 1. The van der Waals surface area contributed by atoms with Crippen molar-refractivity contribution in [1.29, 1.82) is 0 Å². The van der Waals surface area contributed by atoms with Gasteiger partial charge < -0.3 is 0 Å². The molecule has 3 nitrogen and oxygen atoms in total. The Hall–Kier alpha value is -1.33. The quantitative estimate of drug-likeness (QED) is 0.442. The molecule has 0 saturated carbocycles. The van der Waals surface area contributed by atoms with Crippen LogP contribution in [-0.4, -0.2) is 9.36 Å². The van der Waals surface area contributed by atoms with Gasteiger partial charge in [0.25, 0.3) is 0 Å². The van der Waals surface area contributed by atoms with Crippen LogP contribution in [0.3, 0.4) is 0 Å². The zero-order valence-electron chi connectivity index (χ0n) is 12.4. The van der Waals surface area contributed by atoms with Crippen molar-refractivity contribution in [2.75, 3.05) is 0 Å². The lowest BCUT2D eigenvalue weighted by Gasteiger charge is -2.05. The summed E-state index contributed by atoms with van der Waals surface area (Å²) in [6.45, 7) is 1.98. The third kappa shape index (κ3) is 2.81. The van der Waals surface area contributed by atoms with Gasteiger partial charge in [0.1, 0.15) is 5.69 Å². The smallest absolute Gasteiger partial charge is 0.188 e. The van der Waals surface area contributed by atoms with E-state index in [0.29, 0.717) is 25.5 Å². The molecule has 3 aromatic rings. The predicted molar refractivity (Wildman–Crippen MR) is 96.9 cm³/mol. The SMILES string of the molecule is Cc1n(C)n(-c2c(Cl)cc(Cl)cc2Cl)c(=S)[n+]1-c1ccccc1. The van der Waals surface area contributed by atoms with E-state index < -0.39 is 0 Å². The van der Waals surface area contributed by atoms with Gasteiger partial charge >= 0.3 is 4.77 Å². The van der Waals surface area contributed by atoms with Crippen molar-refractivity contribution >= 4 is 47.0 Å². The van der Waals surface area contributed by atoms with Crippen LogP contribution in [0.25, 0.3) is 11.4 Å². The molecule has 1 aromatic heterocycles. The first kappa shape index (κ1) is 16.5. The summed E-state index contributed by atoms with van der Waals surface area (Å²) >= 11 is 24.4. The Balaban J connectivity index is 2.34. The molecule has 0 radical (unpaired) electrons. The second kappa shape index (κ2) is 6.29. The molecule has 0 fully saturated rings. The standard InChI is InChI=1S/C16H13Cl3N3S/c1-10-20(2)22(15-13(18)8-11(17)9-14(15)19)16(23)21(10)12-6-4-3-5-7-12/h3-9H,1-2H3/q+1. The lowest BCUT2D eigenvalue weighted by molar-refractivity contribution is -0.611. The van der Waals surface area contributed by atoms with E-state index in [9.17, 15) is 0 Å². The highest BCUT2D eigenvalue weighted by Crippen LogP contribution is 2.32. The summed E-state index contributed by atoms with van der Waals surface area (Å²) in [5, 5.41) is 1.37. The van der Waals surface area contributed by atoms with Crippen LogP contribution in [-0.2, 0) is 7.05 Å². The average molecular weight is 386 g/mol. The molecule has 0 aliphatic heterocycles. The van der Waals surface area contributed by atoms with Gasteiger partial charge in [-0.2, -0.15) is 4.57 Å². The summed E-state index contributed by atoms with van der Waals surface area (Å²) < 4.78 is 6.26. The van der Waals surface area contributed by atoms with Crippen LogP contribution < -0.4 is 4.57 Å². The van der Waals surface area contributed by atoms with Crippen molar-refractivity contribution < 1.29 is 4.57 Å². The fourth-order valence-corrected chi connectivity index (χ4v) is 3.94. The van der Waals surface area contributed by atoms with E-state index in [1.807, 2.05) is 53.6 Å². The Labute approximate surface area is 154 Å². The van der Waals surface area contributed by atoms with Crippen molar-refractivity contribution in [2.45, 2.75) is 6.92 Å². The molecule has 0 aliphatic rings.